The van der Waals surface area contributed by atoms with Gasteiger partial charge in [-0.1, -0.05) is 6.92 Å². The van der Waals surface area contributed by atoms with E-state index in [0.29, 0.717) is 0 Å². The van der Waals surface area contributed by atoms with Gasteiger partial charge in [0.1, 0.15) is 0 Å². The summed E-state index contributed by atoms with van der Waals surface area (Å²) in [6, 6.07) is 0. The number of nitrogens with two attached hydrogens (primary N) is 1. The zero-order valence-corrected chi connectivity index (χ0v) is 11.2. The summed E-state index contributed by atoms with van der Waals surface area (Å²) in [5.74, 6) is 4.33. The molecule has 0 aliphatic heterocycles. The van der Waals surface area contributed by atoms with Crippen molar-refractivity contribution >= 4 is 11.8 Å². The van der Waals surface area contributed by atoms with Gasteiger partial charge in [-0.2, -0.15) is 11.8 Å². The highest BCUT2D eigenvalue weighted by molar-refractivity contribution is 8.00. The van der Waals surface area contributed by atoms with Gasteiger partial charge in [-0.15, -0.1) is 0 Å². The Morgan fingerprint density at radius 3 is 2.06 bits per heavy atom. The van der Waals surface area contributed by atoms with Crippen LogP contribution in [0.4, 0.5) is 0 Å². The van der Waals surface area contributed by atoms with Crippen molar-refractivity contribution in [3.05, 3.63) is 0 Å². The maximum absolute atomic E-state index is 5.87. The third kappa shape index (κ3) is 1.92. The van der Waals surface area contributed by atoms with E-state index in [9.17, 15) is 0 Å². The fourth-order valence-electron chi connectivity index (χ4n) is 4.64. The molecule has 0 amide bonds. The van der Waals surface area contributed by atoms with Crippen LogP contribution in [0.2, 0.25) is 0 Å². The van der Waals surface area contributed by atoms with Gasteiger partial charge in [0, 0.05) is 17.0 Å². The Morgan fingerprint density at radius 1 is 1.06 bits per heavy atom. The summed E-state index contributed by atoms with van der Waals surface area (Å²) in [5, 5.41) is 1.70. The SMILES string of the molecule is CCC(CN)SC1C2CC3CC(C2)CC1C3. The van der Waals surface area contributed by atoms with Gasteiger partial charge in [0.05, 0.1) is 0 Å². The van der Waals surface area contributed by atoms with Gasteiger partial charge in [-0.3, -0.25) is 0 Å². The van der Waals surface area contributed by atoms with Crippen LogP contribution in [0.1, 0.15) is 45.4 Å². The predicted octanol–water partition coefficient (Wildman–Crippen LogP) is 3.28. The minimum absolute atomic E-state index is 0.725. The summed E-state index contributed by atoms with van der Waals surface area (Å²) in [6.45, 7) is 3.17. The van der Waals surface area contributed by atoms with E-state index in [0.717, 1.165) is 40.7 Å². The number of thioether (sulfide) groups is 1. The second kappa shape index (κ2) is 4.53. The molecule has 2 heteroatoms. The Balaban J connectivity index is 1.67. The normalized spacial score (nSPS) is 47.2. The molecule has 16 heavy (non-hydrogen) atoms. The van der Waals surface area contributed by atoms with Crippen molar-refractivity contribution in [1.29, 1.82) is 0 Å². The van der Waals surface area contributed by atoms with E-state index >= 15 is 0 Å². The van der Waals surface area contributed by atoms with Crippen molar-refractivity contribution < 1.29 is 0 Å². The van der Waals surface area contributed by atoms with Crippen LogP contribution in [0.5, 0.6) is 0 Å². The molecule has 92 valence electrons. The lowest BCUT2D eigenvalue weighted by Gasteiger charge is -2.54. The molecule has 4 aliphatic rings. The molecule has 1 atom stereocenters. The summed E-state index contributed by atoms with van der Waals surface area (Å²) in [4.78, 5) is 0. The molecule has 2 N–H and O–H groups in total. The average molecular weight is 239 g/mol. The molecule has 4 rings (SSSR count). The number of hydrogen-bond donors (Lipinski definition) is 1. The topological polar surface area (TPSA) is 26.0 Å². The first-order valence-corrected chi connectivity index (χ1v) is 8.10. The van der Waals surface area contributed by atoms with Gasteiger partial charge in [0.2, 0.25) is 0 Å². The number of hydrogen-bond acceptors (Lipinski definition) is 2. The van der Waals surface area contributed by atoms with Gasteiger partial charge in [-0.05, 0) is 62.2 Å². The van der Waals surface area contributed by atoms with E-state index in [4.69, 9.17) is 5.73 Å². The average Bonchev–Trinajstić information content (AvgIpc) is 2.28. The Hall–Kier alpha value is 0.310. The minimum Gasteiger partial charge on any atom is -0.329 e. The highest BCUT2D eigenvalue weighted by atomic mass is 32.2. The van der Waals surface area contributed by atoms with Crippen LogP contribution in [0.15, 0.2) is 0 Å². The van der Waals surface area contributed by atoms with E-state index in [1.54, 1.807) is 32.1 Å². The lowest BCUT2D eigenvalue weighted by molar-refractivity contribution is 0.0265. The van der Waals surface area contributed by atoms with Crippen molar-refractivity contribution in [2.24, 2.45) is 29.4 Å². The van der Waals surface area contributed by atoms with Gasteiger partial charge in [0.15, 0.2) is 0 Å². The lowest BCUT2D eigenvalue weighted by atomic mass is 9.56. The fraction of sp³-hybridized carbons (Fsp3) is 1.00. The summed E-state index contributed by atoms with van der Waals surface area (Å²) in [7, 11) is 0. The van der Waals surface area contributed by atoms with Crippen LogP contribution in [0, 0.1) is 23.7 Å². The Kier molecular flexibility index (Phi) is 3.23. The van der Waals surface area contributed by atoms with Crippen molar-refractivity contribution in [1.82, 2.24) is 0 Å². The molecule has 1 unspecified atom stereocenters. The largest absolute Gasteiger partial charge is 0.329 e. The minimum atomic E-state index is 0.725. The highest BCUT2D eigenvalue weighted by Crippen LogP contribution is 2.57. The van der Waals surface area contributed by atoms with E-state index in [1.807, 2.05) is 0 Å². The molecule has 0 aromatic heterocycles. The van der Waals surface area contributed by atoms with Gasteiger partial charge in [0.25, 0.3) is 0 Å². The third-order valence-electron chi connectivity index (χ3n) is 5.21. The molecule has 0 spiro atoms. The number of rotatable bonds is 4. The van der Waals surface area contributed by atoms with Crippen molar-refractivity contribution in [2.45, 2.75) is 55.9 Å². The van der Waals surface area contributed by atoms with Gasteiger partial charge >= 0.3 is 0 Å². The first-order chi connectivity index (χ1) is 7.80. The summed E-state index contributed by atoms with van der Waals surface area (Å²) in [6.07, 6.45) is 9.01. The van der Waals surface area contributed by atoms with Crippen LogP contribution in [0.25, 0.3) is 0 Å². The molecule has 0 aromatic carbocycles. The van der Waals surface area contributed by atoms with Crippen LogP contribution >= 0.6 is 11.8 Å². The maximum atomic E-state index is 5.87. The summed E-state index contributed by atoms with van der Waals surface area (Å²) < 4.78 is 0. The summed E-state index contributed by atoms with van der Waals surface area (Å²) in [5.41, 5.74) is 5.87. The molecule has 4 bridgehead atoms. The van der Waals surface area contributed by atoms with Crippen LogP contribution in [0.3, 0.4) is 0 Å². The van der Waals surface area contributed by atoms with Gasteiger partial charge in [-0.25, -0.2) is 0 Å². The standard InChI is InChI=1S/C14H25NS/c1-2-13(8-15)16-14-11-4-9-3-10(6-11)7-12(14)5-9/h9-14H,2-8,15H2,1H3. The van der Waals surface area contributed by atoms with Gasteiger partial charge < -0.3 is 5.73 Å². The molecule has 1 nitrogen and oxygen atoms in total. The highest BCUT2D eigenvalue weighted by Gasteiger charge is 2.48. The molecular formula is C14H25NS. The zero-order valence-electron chi connectivity index (χ0n) is 10.4. The third-order valence-corrected chi connectivity index (χ3v) is 7.20. The fourth-order valence-corrected chi connectivity index (χ4v) is 6.27. The zero-order chi connectivity index (χ0) is 11.1. The van der Waals surface area contributed by atoms with Crippen molar-refractivity contribution in [3.8, 4) is 0 Å². The molecule has 0 radical (unpaired) electrons. The lowest BCUT2D eigenvalue weighted by Crippen LogP contribution is -2.47. The Labute approximate surface area is 104 Å². The quantitative estimate of drug-likeness (QED) is 0.815. The molecule has 4 fully saturated rings. The molecule has 0 saturated heterocycles. The second-order valence-electron chi connectivity index (χ2n) is 6.30. The Bertz CT molecular complexity index is 221. The predicted molar refractivity (Wildman–Crippen MR) is 71.6 cm³/mol. The van der Waals surface area contributed by atoms with E-state index < -0.39 is 0 Å². The molecule has 4 saturated carbocycles. The van der Waals surface area contributed by atoms with Crippen molar-refractivity contribution in [2.75, 3.05) is 6.54 Å². The van der Waals surface area contributed by atoms with E-state index in [-0.39, 0.29) is 0 Å². The molecule has 0 aromatic rings. The first-order valence-electron chi connectivity index (χ1n) is 7.15. The molecule has 4 aliphatic carbocycles. The van der Waals surface area contributed by atoms with Crippen LogP contribution in [-0.4, -0.2) is 17.0 Å². The van der Waals surface area contributed by atoms with Crippen molar-refractivity contribution in [3.63, 3.8) is 0 Å². The molecule has 0 heterocycles. The summed E-state index contributed by atoms with van der Waals surface area (Å²) >= 11 is 2.26. The van der Waals surface area contributed by atoms with E-state index in [1.165, 1.54) is 6.42 Å². The van der Waals surface area contributed by atoms with Crippen LogP contribution < -0.4 is 5.73 Å². The second-order valence-corrected chi connectivity index (χ2v) is 7.78. The van der Waals surface area contributed by atoms with E-state index in [2.05, 4.69) is 18.7 Å². The smallest absolute Gasteiger partial charge is 0.0170 e. The monoisotopic (exact) mass is 239 g/mol. The maximum Gasteiger partial charge on any atom is 0.0170 e. The first kappa shape index (κ1) is 11.4. The Morgan fingerprint density at radius 2 is 1.62 bits per heavy atom. The van der Waals surface area contributed by atoms with Crippen LogP contribution in [-0.2, 0) is 0 Å². The molecular weight excluding hydrogens is 214 g/mol.